The van der Waals surface area contributed by atoms with Crippen LogP contribution in [-0.4, -0.2) is 19.0 Å². The second-order valence-electron chi connectivity index (χ2n) is 4.47. The summed E-state index contributed by atoms with van der Waals surface area (Å²) < 4.78 is 12.7. The van der Waals surface area contributed by atoms with Crippen molar-refractivity contribution in [2.75, 3.05) is 13.1 Å². The van der Waals surface area contributed by atoms with Gasteiger partial charge in [0.25, 0.3) is 0 Å². The van der Waals surface area contributed by atoms with Crippen LogP contribution in [0.15, 0.2) is 24.3 Å². The van der Waals surface area contributed by atoms with Crippen molar-refractivity contribution in [3.63, 3.8) is 0 Å². The molecule has 0 bridgehead atoms. The quantitative estimate of drug-likeness (QED) is 0.830. The van der Waals surface area contributed by atoms with Crippen molar-refractivity contribution in [2.45, 2.75) is 19.4 Å². The number of carbonyl (C=O) groups is 1. The Labute approximate surface area is 100 Å². The number of hydrogen-bond acceptors (Lipinski definition) is 2. The van der Waals surface area contributed by atoms with E-state index in [1.165, 1.54) is 12.1 Å². The molecule has 2 N–H and O–H groups in total. The van der Waals surface area contributed by atoms with Crippen molar-refractivity contribution >= 4 is 5.91 Å². The summed E-state index contributed by atoms with van der Waals surface area (Å²) in [5.41, 5.74) is 0.921. The van der Waals surface area contributed by atoms with Crippen LogP contribution in [0.2, 0.25) is 0 Å². The molecule has 1 saturated heterocycles. The fourth-order valence-electron chi connectivity index (χ4n) is 2.03. The molecule has 1 amide bonds. The van der Waals surface area contributed by atoms with Crippen LogP contribution in [0.25, 0.3) is 0 Å². The fraction of sp³-hybridized carbons (Fsp3) is 0.462. The Hall–Kier alpha value is -1.42. The first kappa shape index (κ1) is 12.0. The Morgan fingerprint density at radius 2 is 2.18 bits per heavy atom. The third-order valence-electron chi connectivity index (χ3n) is 3.04. The van der Waals surface area contributed by atoms with E-state index < -0.39 is 0 Å². The van der Waals surface area contributed by atoms with Crippen LogP contribution in [-0.2, 0) is 11.3 Å². The van der Waals surface area contributed by atoms with Crippen molar-refractivity contribution in [2.24, 2.45) is 5.92 Å². The van der Waals surface area contributed by atoms with Crippen molar-refractivity contribution in [1.29, 1.82) is 0 Å². The van der Waals surface area contributed by atoms with Gasteiger partial charge >= 0.3 is 0 Å². The monoisotopic (exact) mass is 236 g/mol. The molecule has 0 aromatic heterocycles. The maximum absolute atomic E-state index is 12.7. The van der Waals surface area contributed by atoms with E-state index in [0.29, 0.717) is 18.9 Å². The Balaban J connectivity index is 1.73. The van der Waals surface area contributed by atoms with E-state index in [2.05, 4.69) is 10.6 Å². The lowest BCUT2D eigenvalue weighted by Gasteiger charge is -2.09. The molecule has 0 aliphatic carbocycles. The summed E-state index contributed by atoms with van der Waals surface area (Å²) in [5.74, 6) is 0.281. The number of carbonyl (C=O) groups excluding carboxylic acids is 1. The lowest BCUT2D eigenvalue weighted by atomic mass is 10.0. The van der Waals surface area contributed by atoms with E-state index >= 15 is 0 Å². The van der Waals surface area contributed by atoms with Gasteiger partial charge < -0.3 is 10.6 Å². The minimum atomic E-state index is -0.253. The fourth-order valence-corrected chi connectivity index (χ4v) is 2.03. The summed E-state index contributed by atoms with van der Waals surface area (Å²) in [6.07, 6.45) is 1.65. The minimum absolute atomic E-state index is 0.0722. The van der Waals surface area contributed by atoms with Crippen molar-refractivity contribution in [3.05, 3.63) is 35.6 Å². The number of nitrogens with one attached hydrogen (secondary N) is 2. The molecule has 1 atom stereocenters. The molecule has 3 nitrogen and oxygen atoms in total. The zero-order valence-electron chi connectivity index (χ0n) is 9.71. The van der Waals surface area contributed by atoms with Gasteiger partial charge in [0.2, 0.25) is 5.91 Å². The Morgan fingerprint density at radius 3 is 2.82 bits per heavy atom. The van der Waals surface area contributed by atoms with Gasteiger partial charge in [0.15, 0.2) is 0 Å². The molecule has 92 valence electrons. The SMILES string of the molecule is O=C(CC1CCNC1)NCc1ccc(F)cc1. The number of amides is 1. The normalized spacial score (nSPS) is 19.2. The van der Waals surface area contributed by atoms with E-state index in [-0.39, 0.29) is 11.7 Å². The highest BCUT2D eigenvalue weighted by Crippen LogP contribution is 2.11. The van der Waals surface area contributed by atoms with Gasteiger partial charge in [0.05, 0.1) is 0 Å². The lowest BCUT2D eigenvalue weighted by Crippen LogP contribution is -2.25. The zero-order chi connectivity index (χ0) is 12.1. The standard InChI is InChI=1S/C13H17FN2O/c14-12-3-1-10(2-4-12)9-16-13(17)7-11-5-6-15-8-11/h1-4,11,15H,5-9H2,(H,16,17). The molecule has 0 spiro atoms. The smallest absolute Gasteiger partial charge is 0.220 e. The number of rotatable bonds is 4. The maximum atomic E-state index is 12.7. The first-order valence-electron chi connectivity index (χ1n) is 5.96. The average molecular weight is 236 g/mol. The predicted octanol–water partition coefficient (Wildman–Crippen LogP) is 1.44. The largest absolute Gasteiger partial charge is 0.352 e. The second-order valence-corrected chi connectivity index (χ2v) is 4.47. The summed E-state index contributed by atoms with van der Waals surface area (Å²) >= 11 is 0. The lowest BCUT2D eigenvalue weighted by molar-refractivity contribution is -0.122. The summed E-state index contributed by atoms with van der Waals surface area (Å²) in [5, 5.41) is 6.09. The minimum Gasteiger partial charge on any atom is -0.352 e. The summed E-state index contributed by atoms with van der Waals surface area (Å²) in [6, 6.07) is 6.18. The number of benzene rings is 1. The second kappa shape index (κ2) is 5.77. The molecular formula is C13H17FN2O. The molecule has 1 heterocycles. The number of hydrogen-bond donors (Lipinski definition) is 2. The van der Waals surface area contributed by atoms with Crippen LogP contribution in [0.5, 0.6) is 0 Å². The van der Waals surface area contributed by atoms with Gasteiger partial charge in [0, 0.05) is 13.0 Å². The molecule has 1 fully saturated rings. The first-order valence-corrected chi connectivity index (χ1v) is 5.96. The highest BCUT2D eigenvalue weighted by atomic mass is 19.1. The van der Waals surface area contributed by atoms with Crippen molar-refractivity contribution < 1.29 is 9.18 Å². The molecule has 4 heteroatoms. The predicted molar refractivity (Wildman–Crippen MR) is 63.8 cm³/mol. The highest BCUT2D eigenvalue weighted by Gasteiger charge is 2.17. The first-order chi connectivity index (χ1) is 8.24. The number of halogens is 1. The van der Waals surface area contributed by atoms with E-state index in [1.807, 2.05) is 0 Å². The Kier molecular flexibility index (Phi) is 4.09. The molecule has 0 radical (unpaired) electrons. The van der Waals surface area contributed by atoms with E-state index in [4.69, 9.17) is 0 Å². The van der Waals surface area contributed by atoms with Crippen LogP contribution in [0, 0.1) is 11.7 Å². The molecule has 0 saturated carbocycles. The van der Waals surface area contributed by atoms with Crippen molar-refractivity contribution in [3.8, 4) is 0 Å². The van der Waals surface area contributed by atoms with Gasteiger partial charge in [-0.2, -0.15) is 0 Å². The van der Waals surface area contributed by atoms with Crippen LogP contribution >= 0.6 is 0 Å². The van der Waals surface area contributed by atoms with Gasteiger partial charge in [0.1, 0.15) is 5.82 Å². The third-order valence-corrected chi connectivity index (χ3v) is 3.04. The van der Waals surface area contributed by atoms with Crippen molar-refractivity contribution in [1.82, 2.24) is 10.6 Å². The maximum Gasteiger partial charge on any atom is 0.220 e. The van der Waals surface area contributed by atoms with Crippen LogP contribution < -0.4 is 10.6 Å². The Morgan fingerprint density at radius 1 is 1.41 bits per heavy atom. The van der Waals surface area contributed by atoms with Crippen LogP contribution in [0.4, 0.5) is 4.39 Å². The zero-order valence-corrected chi connectivity index (χ0v) is 9.71. The summed E-state index contributed by atoms with van der Waals surface area (Å²) in [6.45, 7) is 2.42. The summed E-state index contributed by atoms with van der Waals surface area (Å²) in [4.78, 5) is 11.6. The molecule has 1 aromatic rings. The highest BCUT2D eigenvalue weighted by molar-refractivity contribution is 5.76. The molecule has 2 rings (SSSR count). The van der Waals surface area contributed by atoms with E-state index in [0.717, 1.165) is 25.1 Å². The molecule has 1 unspecified atom stereocenters. The summed E-state index contributed by atoms with van der Waals surface area (Å²) in [7, 11) is 0. The van der Waals surface area contributed by atoms with Gasteiger partial charge in [-0.15, -0.1) is 0 Å². The average Bonchev–Trinajstić information content (AvgIpc) is 2.81. The molecule has 1 aliphatic heterocycles. The van der Waals surface area contributed by atoms with Gasteiger partial charge in [-0.3, -0.25) is 4.79 Å². The van der Waals surface area contributed by atoms with E-state index in [9.17, 15) is 9.18 Å². The van der Waals surface area contributed by atoms with Crippen LogP contribution in [0.3, 0.4) is 0 Å². The molecule has 17 heavy (non-hydrogen) atoms. The third kappa shape index (κ3) is 3.82. The molecular weight excluding hydrogens is 219 g/mol. The van der Waals surface area contributed by atoms with Gasteiger partial charge in [-0.25, -0.2) is 4.39 Å². The van der Waals surface area contributed by atoms with Crippen LogP contribution in [0.1, 0.15) is 18.4 Å². The molecule has 1 aromatic carbocycles. The van der Waals surface area contributed by atoms with Gasteiger partial charge in [-0.05, 0) is 43.1 Å². The Bertz CT molecular complexity index is 372. The molecule has 1 aliphatic rings. The van der Waals surface area contributed by atoms with E-state index in [1.54, 1.807) is 12.1 Å². The topological polar surface area (TPSA) is 41.1 Å². The van der Waals surface area contributed by atoms with Gasteiger partial charge in [-0.1, -0.05) is 12.1 Å².